The number of esters is 1. The minimum absolute atomic E-state index is 0.392. The van der Waals surface area contributed by atoms with Gasteiger partial charge in [-0.3, -0.25) is 0 Å². The Morgan fingerprint density at radius 2 is 1.94 bits per heavy atom. The highest BCUT2D eigenvalue weighted by Gasteiger charge is 2.50. The molecule has 18 heavy (non-hydrogen) atoms. The third-order valence-electron chi connectivity index (χ3n) is 2.73. The number of hydrogen-bond acceptors (Lipinski definition) is 4. The summed E-state index contributed by atoms with van der Waals surface area (Å²) in [5.74, 6) is -0.0649. The summed E-state index contributed by atoms with van der Waals surface area (Å²) in [6.07, 6.45) is 0.820. The molecule has 0 saturated heterocycles. The van der Waals surface area contributed by atoms with E-state index in [1.807, 2.05) is 30.3 Å². The highest BCUT2D eigenvalue weighted by Crippen LogP contribution is 2.46. The number of cyclic esters (lactones) is 1. The number of rotatable bonds is 4. The van der Waals surface area contributed by atoms with Crippen LogP contribution in [-0.2, 0) is 19.0 Å². The van der Waals surface area contributed by atoms with Gasteiger partial charge in [0.15, 0.2) is 5.76 Å². The summed E-state index contributed by atoms with van der Waals surface area (Å²) in [4.78, 5) is 11.4. The van der Waals surface area contributed by atoms with E-state index < -0.39 is 16.6 Å². The fraction of sp³-hybridized carbons (Fsp3) is 0.308. The Balaban J connectivity index is 2.39. The molecule has 5 heteroatoms. The number of carbonyl (C=O) groups excluding carboxylic acids is 1. The molecule has 96 valence electrons. The molecule has 0 fully saturated rings. The average molecular weight is 313 g/mol. The van der Waals surface area contributed by atoms with Crippen molar-refractivity contribution in [1.82, 2.24) is 0 Å². The van der Waals surface area contributed by atoms with Crippen molar-refractivity contribution in [1.29, 1.82) is 0 Å². The largest absolute Gasteiger partial charge is 0.495 e. The predicted molar refractivity (Wildman–Crippen MR) is 69.0 cm³/mol. The molecule has 2 rings (SSSR count). The third-order valence-corrected chi connectivity index (χ3v) is 3.70. The Kier molecular flexibility index (Phi) is 3.73. The molecule has 0 N–H and O–H groups in total. The van der Waals surface area contributed by atoms with Gasteiger partial charge in [0.05, 0.1) is 13.2 Å². The van der Waals surface area contributed by atoms with E-state index in [4.69, 9.17) is 14.2 Å². The zero-order valence-corrected chi connectivity index (χ0v) is 11.6. The van der Waals surface area contributed by atoms with Gasteiger partial charge >= 0.3 is 5.97 Å². The zero-order chi connectivity index (χ0) is 13.2. The smallest absolute Gasteiger partial charge is 0.336 e. The van der Waals surface area contributed by atoms with Gasteiger partial charge in [-0.1, -0.05) is 30.3 Å². The van der Waals surface area contributed by atoms with Crippen LogP contribution in [0.4, 0.5) is 0 Å². The van der Waals surface area contributed by atoms with Gasteiger partial charge in [-0.2, -0.15) is 0 Å². The minimum Gasteiger partial charge on any atom is -0.495 e. The van der Waals surface area contributed by atoms with E-state index in [9.17, 15) is 4.79 Å². The van der Waals surface area contributed by atoms with Gasteiger partial charge in [-0.25, -0.2) is 4.79 Å². The first-order valence-corrected chi connectivity index (χ1v) is 6.17. The van der Waals surface area contributed by atoms with Gasteiger partial charge in [-0.05, 0) is 21.5 Å². The molecule has 1 aromatic carbocycles. The van der Waals surface area contributed by atoms with Crippen LogP contribution in [0.15, 0.2) is 42.2 Å². The Morgan fingerprint density at radius 3 is 2.50 bits per heavy atom. The number of hydrogen-bond donors (Lipinski definition) is 0. The lowest BCUT2D eigenvalue weighted by Crippen LogP contribution is -2.34. The van der Waals surface area contributed by atoms with Crippen LogP contribution in [0.2, 0.25) is 0 Å². The van der Waals surface area contributed by atoms with E-state index >= 15 is 0 Å². The topological polar surface area (TPSA) is 44.8 Å². The molecule has 0 spiro atoms. The van der Waals surface area contributed by atoms with Crippen molar-refractivity contribution in [3.05, 3.63) is 47.7 Å². The van der Waals surface area contributed by atoms with Crippen molar-refractivity contribution in [3.8, 4) is 0 Å². The van der Waals surface area contributed by atoms with Gasteiger partial charge in [0.25, 0.3) is 4.51 Å². The van der Waals surface area contributed by atoms with Crippen LogP contribution in [-0.4, -0.2) is 24.7 Å². The molecule has 2 atom stereocenters. The lowest BCUT2D eigenvalue weighted by molar-refractivity contribution is -0.148. The number of methoxy groups -OCH3 is 2. The summed E-state index contributed by atoms with van der Waals surface area (Å²) in [5, 5.41) is 0. The second-order valence-electron chi connectivity index (χ2n) is 3.81. The third kappa shape index (κ3) is 2.15. The molecule has 1 aromatic rings. The highest BCUT2D eigenvalue weighted by atomic mass is 79.9. The molecule has 0 bridgehead atoms. The average Bonchev–Trinajstić information content (AvgIpc) is 2.66. The van der Waals surface area contributed by atoms with E-state index in [1.54, 1.807) is 7.11 Å². The van der Waals surface area contributed by atoms with Crippen LogP contribution in [0.3, 0.4) is 0 Å². The van der Waals surface area contributed by atoms with E-state index in [0.29, 0.717) is 5.76 Å². The van der Waals surface area contributed by atoms with Crippen molar-refractivity contribution < 1.29 is 19.0 Å². The van der Waals surface area contributed by atoms with Crippen LogP contribution in [0.5, 0.6) is 0 Å². The van der Waals surface area contributed by atoms with Crippen LogP contribution in [0, 0.1) is 0 Å². The van der Waals surface area contributed by atoms with Crippen molar-refractivity contribution in [3.63, 3.8) is 0 Å². The SMILES string of the molecule is COC1=CC(=O)OC1(Br)C(OC)c1ccccc1. The monoisotopic (exact) mass is 312 g/mol. The van der Waals surface area contributed by atoms with Crippen molar-refractivity contribution in [2.75, 3.05) is 14.2 Å². The first kappa shape index (κ1) is 13.1. The standard InChI is InChI=1S/C13H13BrO4/c1-16-10-8-11(15)18-13(10,14)12(17-2)9-6-4-3-5-7-9/h3-8,12H,1-2H3. The van der Waals surface area contributed by atoms with E-state index in [-0.39, 0.29) is 0 Å². The molecular weight excluding hydrogens is 300 g/mol. The summed E-state index contributed by atoms with van der Waals surface area (Å²) < 4.78 is 14.8. The summed E-state index contributed by atoms with van der Waals surface area (Å²) >= 11 is 3.41. The quantitative estimate of drug-likeness (QED) is 0.633. The second kappa shape index (κ2) is 5.12. The van der Waals surface area contributed by atoms with Gasteiger partial charge in [-0.15, -0.1) is 0 Å². The Bertz CT molecular complexity index is 471. The molecule has 0 radical (unpaired) electrons. The van der Waals surface area contributed by atoms with Crippen LogP contribution < -0.4 is 0 Å². The fourth-order valence-corrected chi connectivity index (χ4v) is 2.83. The van der Waals surface area contributed by atoms with Crippen LogP contribution in [0.1, 0.15) is 11.7 Å². The molecule has 4 nitrogen and oxygen atoms in total. The minimum atomic E-state index is -1.12. The second-order valence-corrected chi connectivity index (χ2v) is 4.98. The molecule has 0 saturated carbocycles. The van der Waals surface area contributed by atoms with Gasteiger partial charge < -0.3 is 14.2 Å². The maximum Gasteiger partial charge on any atom is 0.336 e. The number of halogens is 1. The summed E-state index contributed by atoms with van der Waals surface area (Å²) in [6.45, 7) is 0. The first-order chi connectivity index (χ1) is 8.61. The number of ether oxygens (including phenoxy) is 3. The Hall–Kier alpha value is -1.33. The summed E-state index contributed by atoms with van der Waals surface area (Å²) in [7, 11) is 3.04. The molecule has 1 aliphatic heterocycles. The fourth-order valence-electron chi connectivity index (χ4n) is 1.94. The number of alkyl halides is 1. The molecule has 0 aliphatic carbocycles. The molecule has 0 amide bonds. The predicted octanol–water partition coefficient (Wildman–Crippen LogP) is 2.55. The van der Waals surface area contributed by atoms with Crippen LogP contribution >= 0.6 is 15.9 Å². The van der Waals surface area contributed by atoms with E-state index in [2.05, 4.69) is 15.9 Å². The lowest BCUT2D eigenvalue weighted by atomic mass is 10.0. The molecule has 2 unspecified atom stereocenters. The Labute approximate surface area is 114 Å². The molecule has 0 aromatic heterocycles. The lowest BCUT2D eigenvalue weighted by Gasteiger charge is -2.31. The van der Waals surface area contributed by atoms with Gasteiger partial charge in [0, 0.05) is 7.11 Å². The Morgan fingerprint density at radius 1 is 1.28 bits per heavy atom. The maximum absolute atomic E-state index is 11.4. The van der Waals surface area contributed by atoms with Crippen molar-refractivity contribution in [2.45, 2.75) is 10.6 Å². The first-order valence-electron chi connectivity index (χ1n) is 5.37. The van der Waals surface area contributed by atoms with E-state index in [0.717, 1.165) is 5.56 Å². The summed E-state index contributed by atoms with van der Waals surface area (Å²) in [6, 6.07) is 9.49. The van der Waals surface area contributed by atoms with Gasteiger partial charge in [0.2, 0.25) is 0 Å². The molecule has 1 aliphatic rings. The summed E-state index contributed by atoms with van der Waals surface area (Å²) in [5.41, 5.74) is 0.884. The van der Waals surface area contributed by atoms with Crippen molar-refractivity contribution >= 4 is 21.9 Å². The normalized spacial score (nSPS) is 24.4. The molecular formula is C13H13BrO4. The van der Waals surface area contributed by atoms with Gasteiger partial charge in [0.1, 0.15) is 6.10 Å². The van der Waals surface area contributed by atoms with Crippen molar-refractivity contribution in [2.24, 2.45) is 0 Å². The maximum atomic E-state index is 11.4. The zero-order valence-electron chi connectivity index (χ0n) is 10.1. The van der Waals surface area contributed by atoms with Crippen LogP contribution in [0.25, 0.3) is 0 Å². The number of benzene rings is 1. The molecule has 1 heterocycles. The number of carbonyl (C=O) groups is 1. The van der Waals surface area contributed by atoms with E-state index in [1.165, 1.54) is 13.2 Å². The highest BCUT2D eigenvalue weighted by molar-refractivity contribution is 9.10.